The van der Waals surface area contributed by atoms with E-state index in [1.165, 1.54) is 6.92 Å². The van der Waals surface area contributed by atoms with E-state index in [0.29, 0.717) is 5.56 Å². The Bertz CT molecular complexity index is 908. The SMILES string of the molecule is CC(NC(=O)C(Cc1ccccc1)NC(=O)C(N)CC(N)=O)C(=O)NC(CCC(N)=O)C(=O)O. The van der Waals surface area contributed by atoms with Gasteiger partial charge in [-0.25, -0.2) is 4.79 Å². The number of carboxylic acid groups (broad SMARTS) is 1. The molecule has 0 saturated carbocycles. The Morgan fingerprint density at radius 2 is 1.44 bits per heavy atom. The fourth-order valence-electron chi connectivity index (χ4n) is 2.87. The fraction of sp³-hybridized carbons (Fsp3) is 0.429. The van der Waals surface area contributed by atoms with E-state index in [4.69, 9.17) is 17.2 Å². The summed E-state index contributed by atoms with van der Waals surface area (Å²) in [5.41, 5.74) is 16.4. The van der Waals surface area contributed by atoms with Gasteiger partial charge in [0.25, 0.3) is 0 Å². The van der Waals surface area contributed by atoms with Gasteiger partial charge in [0.05, 0.1) is 12.5 Å². The zero-order valence-corrected chi connectivity index (χ0v) is 18.7. The summed E-state index contributed by atoms with van der Waals surface area (Å²) < 4.78 is 0. The number of carbonyl (C=O) groups is 6. The van der Waals surface area contributed by atoms with E-state index in [1.807, 2.05) is 0 Å². The molecule has 0 aliphatic heterocycles. The summed E-state index contributed by atoms with van der Waals surface area (Å²) in [7, 11) is 0. The van der Waals surface area contributed by atoms with Gasteiger partial charge in [0.15, 0.2) is 0 Å². The molecule has 0 aliphatic carbocycles. The number of nitrogens with two attached hydrogens (primary N) is 3. The van der Waals surface area contributed by atoms with E-state index in [9.17, 15) is 33.9 Å². The summed E-state index contributed by atoms with van der Waals surface area (Å²) in [5, 5.41) is 16.3. The van der Waals surface area contributed by atoms with Crippen molar-refractivity contribution < 1.29 is 33.9 Å². The van der Waals surface area contributed by atoms with Gasteiger partial charge in [-0.15, -0.1) is 0 Å². The van der Waals surface area contributed by atoms with Crippen LogP contribution in [0, 0.1) is 0 Å². The van der Waals surface area contributed by atoms with E-state index in [-0.39, 0.29) is 19.3 Å². The molecule has 0 radical (unpaired) electrons. The van der Waals surface area contributed by atoms with Crippen molar-refractivity contribution in [1.82, 2.24) is 16.0 Å². The molecule has 13 heteroatoms. The number of hydrogen-bond donors (Lipinski definition) is 7. The van der Waals surface area contributed by atoms with Crippen molar-refractivity contribution in [1.29, 1.82) is 0 Å². The van der Waals surface area contributed by atoms with Crippen molar-refractivity contribution in [3.8, 4) is 0 Å². The van der Waals surface area contributed by atoms with Crippen molar-refractivity contribution in [2.24, 2.45) is 17.2 Å². The number of aliphatic carboxylic acids is 1. The molecule has 186 valence electrons. The van der Waals surface area contributed by atoms with Crippen molar-refractivity contribution in [2.45, 2.75) is 56.8 Å². The molecule has 5 amide bonds. The number of nitrogens with one attached hydrogen (secondary N) is 3. The topological polar surface area (TPSA) is 237 Å². The molecule has 0 spiro atoms. The first-order valence-corrected chi connectivity index (χ1v) is 10.4. The molecule has 1 aromatic carbocycles. The summed E-state index contributed by atoms with van der Waals surface area (Å²) in [6.07, 6.45) is -0.852. The first-order valence-electron chi connectivity index (χ1n) is 10.4. The summed E-state index contributed by atoms with van der Waals surface area (Å²) in [5.74, 6) is -5.23. The van der Waals surface area contributed by atoms with E-state index in [1.54, 1.807) is 30.3 Å². The normalized spacial score (nSPS) is 14.1. The minimum absolute atomic E-state index is 0.0480. The molecule has 10 N–H and O–H groups in total. The van der Waals surface area contributed by atoms with Gasteiger partial charge in [0.2, 0.25) is 29.5 Å². The Morgan fingerprint density at radius 1 is 0.853 bits per heavy atom. The highest BCUT2D eigenvalue weighted by Crippen LogP contribution is 2.05. The number of carboxylic acids is 1. The van der Waals surface area contributed by atoms with Crippen molar-refractivity contribution >= 4 is 35.5 Å². The van der Waals surface area contributed by atoms with Gasteiger partial charge in [-0.05, 0) is 18.9 Å². The highest BCUT2D eigenvalue weighted by atomic mass is 16.4. The molecule has 0 aromatic heterocycles. The summed E-state index contributed by atoms with van der Waals surface area (Å²) in [4.78, 5) is 70.9. The first-order chi connectivity index (χ1) is 15.9. The smallest absolute Gasteiger partial charge is 0.326 e. The Kier molecular flexibility index (Phi) is 11.2. The third-order valence-corrected chi connectivity index (χ3v) is 4.72. The summed E-state index contributed by atoms with van der Waals surface area (Å²) >= 11 is 0. The van der Waals surface area contributed by atoms with Crippen LogP contribution in [0.2, 0.25) is 0 Å². The van der Waals surface area contributed by atoms with Crippen molar-refractivity contribution in [2.75, 3.05) is 0 Å². The monoisotopic (exact) mass is 478 g/mol. The maximum Gasteiger partial charge on any atom is 0.326 e. The van der Waals surface area contributed by atoms with Crippen LogP contribution < -0.4 is 33.2 Å². The van der Waals surface area contributed by atoms with Crippen LogP contribution >= 0.6 is 0 Å². The van der Waals surface area contributed by atoms with E-state index in [2.05, 4.69) is 16.0 Å². The van der Waals surface area contributed by atoms with Crippen molar-refractivity contribution in [3.63, 3.8) is 0 Å². The van der Waals surface area contributed by atoms with Gasteiger partial charge in [-0.1, -0.05) is 30.3 Å². The van der Waals surface area contributed by atoms with Gasteiger partial charge in [0.1, 0.15) is 18.1 Å². The Balaban J connectivity index is 2.89. The van der Waals surface area contributed by atoms with E-state index < -0.39 is 66.1 Å². The van der Waals surface area contributed by atoms with Crippen LogP contribution in [0.4, 0.5) is 0 Å². The average Bonchev–Trinajstić information content (AvgIpc) is 2.75. The lowest BCUT2D eigenvalue weighted by Crippen LogP contribution is -2.57. The van der Waals surface area contributed by atoms with Crippen LogP contribution in [0.15, 0.2) is 30.3 Å². The van der Waals surface area contributed by atoms with E-state index in [0.717, 1.165) is 0 Å². The molecule has 0 aliphatic rings. The third kappa shape index (κ3) is 10.1. The predicted octanol–water partition coefficient (Wildman–Crippen LogP) is -2.74. The largest absolute Gasteiger partial charge is 0.480 e. The zero-order valence-electron chi connectivity index (χ0n) is 18.7. The Morgan fingerprint density at radius 3 is 1.97 bits per heavy atom. The molecule has 0 heterocycles. The number of primary amides is 2. The van der Waals surface area contributed by atoms with E-state index >= 15 is 0 Å². The van der Waals surface area contributed by atoms with Crippen LogP contribution in [-0.2, 0) is 35.2 Å². The van der Waals surface area contributed by atoms with Gasteiger partial charge >= 0.3 is 5.97 Å². The van der Waals surface area contributed by atoms with Gasteiger partial charge in [0, 0.05) is 12.8 Å². The van der Waals surface area contributed by atoms with Gasteiger partial charge < -0.3 is 38.3 Å². The number of benzene rings is 1. The standard InChI is InChI=1S/C21H30N6O7/c1-11(18(30)26-14(21(33)34)7-8-16(23)28)25-20(32)15(9-12-5-3-2-4-6-12)27-19(31)13(22)10-17(24)29/h2-6,11,13-15H,7-10,22H2,1H3,(H2,23,28)(H2,24,29)(H,25,32)(H,26,30)(H,27,31)(H,33,34). The van der Waals surface area contributed by atoms with Gasteiger partial charge in [-0.2, -0.15) is 0 Å². The second-order valence-electron chi connectivity index (χ2n) is 7.66. The van der Waals surface area contributed by atoms with Gasteiger partial charge in [-0.3, -0.25) is 24.0 Å². The molecule has 0 fully saturated rings. The molecule has 1 aromatic rings. The highest BCUT2D eigenvalue weighted by Gasteiger charge is 2.29. The molecular formula is C21H30N6O7. The minimum Gasteiger partial charge on any atom is -0.480 e. The zero-order chi connectivity index (χ0) is 25.8. The van der Waals surface area contributed by atoms with Crippen LogP contribution in [0.5, 0.6) is 0 Å². The Labute approximate surface area is 195 Å². The first kappa shape index (κ1) is 28.0. The summed E-state index contributed by atoms with van der Waals surface area (Å²) in [6.45, 7) is 1.32. The van der Waals surface area contributed by atoms with Crippen LogP contribution in [0.3, 0.4) is 0 Å². The number of amides is 5. The molecule has 13 nitrogen and oxygen atoms in total. The molecular weight excluding hydrogens is 448 g/mol. The molecule has 34 heavy (non-hydrogen) atoms. The third-order valence-electron chi connectivity index (χ3n) is 4.72. The fourth-order valence-corrected chi connectivity index (χ4v) is 2.87. The van der Waals surface area contributed by atoms with Crippen LogP contribution in [0.25, 0.3) is 0 Å². The molecule has 1 rings (SSSR count). The average molecular weight is 479 g/mol. The van der Waals surface area contributed by atoms with Crippen LogP contribution in [-0.4, -0.2) is 64.8 Å². The second-order valence-corrected chi connectivity index (χ2v) is 7.66. The lowest BCUT2D eigenvalue weighted by molar-refractivity contribution is -0.142. The lowest BCUT2D eigenvalue weighted by atomic mass is 10.0. The second kappa shape index (κ2) is 13.5. The number of rotatable bonds is 14. The number of hydrogen-bond acceptors (Lipinski definition) is 7. The Hall–Kier alpha value is -4.00. The molecule has 4 unspecified atom stereocenters. The lowest BCUT2D eigenvalue weighted by Gasteiger charge is -2.23. The molecule has 0 bridgehead atoms. The quantitative estimate of drug-likeness (QED) is 0.148. The molecule has 4 atom stereocenters. The van der Waals surface area contributed by atoms with Crippen molar-refractivity contribution in [3.05, 3.63) is 35.9 Å². The van der Waals surface area contributed by atoms with Crippen LogP contribution in [0.1, 0.15) is 31.7 Å². The maximum absolute atomic E-state index is 12.9. The minimum atomic E-state index is -1.38. The predicted molar refractivity (Wildman–Crippen MR) is 119 cm³/mol. The number of carbonyl (C=O) groups excluding carboxylic acids is 5. The maximum atomic E-state index is 12.9. The molecule has 0 saturated heterocycles. The highest BCUT2D eigenvalue weighted by molar-refractivity contribution is 5.95. The summed E-state index contributed by atoms with van der Waals surface area (Å²) in [6, 6.07) is 3.69.